The normalized spacial score (nSPS) is 24.3. The third-order valence-electron chi connectivity index (χ3n) is 6.53. The van der Waals surface area contributed by atoms with Gasteiger partial charge in [-0.3, -0.25) is 4.79 Å². The fourth-order valence-corrected chi connectivity index (χ4v) is 4.79. The molecule has 3 aliphatic rings. The zero-order chi connectivity index (χ0) is 17.1. The molecule has 1 aromatic rings. The van der Waals surface area contributed by atoms with Gasteiger partial charge in [0.15, 0.2) is 0 Å². The van der Waals surface area contributed by atoms with Crippen molar-refractivity contribution < 1.29 is 4.79 Å². The topological polar surface area (TPSA) is 32.3 Å². The molecule has 1 aromatic carbocycles. The summed E-state index contributed by atoms with van der Waals surface area (Å²) in [6.45, 7) is 3.45. The molecule has 3 fully saturated rings. The van der Waals surface area contributed by atoms with E-state index in [1.807, 2.05) is 0 Å². The van der Waals surface area contributed by atoms with Gasteiger partial charge in [-0.1, -0.05) is 43.2 Å². The molecule has 25 heavy (non-hydrogen) atoms. The number of nitrogens with one attached hydrogen (secondary N) is 1. The molecule has 1 saturated heterocycles. The van der Waals surface area contributed by atoms with E-state index in [0.29, 0.717) is 23.8 Å². The van der Waals surface area contributed by atoms with Crippen LogP contribution in [0.3, 0.4) is 0 Å². The van der Waals surface area contributed by atoms with Crippen LogP contribution < -0.4 is 5.32 Å². The number of nitrogens with zero attached hydrogens (tertiary/aromatic N) is 1. The van der Waals surface area contributed by atoms with Gasteiger partial charge >= 0.3 is 0 Å². The minimum Gasteiger partial charge on any atom is -0.353 e. The van der Waals surface area contributed by atoms with Gasteiger partial charge in [0.05, 0.1) is 0 Å². The standard InChI is InChI=1S/C22H32N2O/c25-22(19-10-11-19)23-20-12-14-24(15-13-20)16-21(18-8-4-5-9-18)17-6-2-1-3-7-17/h1-3,6-7,18-21H,4-5,8-16H2,(H,23,25). The fraction of sp³-hybridized carbons (Fsp3) is 0.682. The summed E-state index contributed by atoms with van der Waals surface area (Å²) in [5, 5.41) is 3.28. The van der Waals surface area contributed by atoms with E-state index in [2.05, 4.69) is 40.5 Å². The van der Waals surface area contributed by atoms with Crippen molar-refractivity contribution in [1.29, 1.82) is 0 Å². The van der Waals surface area contributed by atoms with Crippen LogP contribution in [-0.2, 0) is 4.79 Å². The monoisotopic (exact) mass is 340 g/mol. The maximum absolute atomic E-state index is 12.0. The van der Waals surface area contributed by atoms with E-state index in [0.717, 1.165) is 44.7 Å². The molecule has 136 valence electrons. The van der Waals surface area contributed by atoms with Gasteiger partial charge in [-0.15, -0.1) is 0 Å². The van der Waals surface area contributed by atoms with Crippen LogP contribution in [0.2, 0.25) is 0 Å². The Morgan fingerprint density at radius 3 is 2.32 bits per heavy atom. The molecular formula is C22H32N2O. The summed E-state index contributed by atoms with van der Waals surface area (Å²) in [5.41, 5.74) is 1.53. The maximum atomic E-state index is 12.0. The molecule has 1 aliphatic heterocycles. The lowest BCUT2D eigenvalue weighted by atomic mass is 9.84. The molecule has 0 radical (unpaired) electrons. The molecule has 0 bridgehead atoms. The third kappa shape index (κ3) is 4.44. The lowest BCUT2D eigenvalue weighted by Gasteiger charge is -2.36. The van der Waals surface area contributed by atoms with Gasteiger partial charge in [-0.25, -0.2) is 0 Å². The molecule has 0 spiro atoms. The van der Waals surface area contributed by atoms with Crippen molar-refractivity contribution in [2.24, 2.45) is 11.8 Å². The Hall–Kier alpha value is -1.35. The minimum absolute atomic E-state index is 0.312. The highest BCUT2D eigenvalue weighted by molar-refractivity contribution is 5.81. The summed E-state index contributed by atoms with van der Waals surface area (Å²) in [4.78, 5) is 14.6. The molecule has 3 heteroatoms. The second-order valence-electron chi connectivity index (χ2n) is 8.42. The molecule has 2 aliphatic carbocycles. The van der Waals surface area contributed by atoms with Crippen LogP contribution in [0.25, 0.3) is 0 Å². The second kappa shape index (κ2) is 7.90. The fourth-order valence-electron chi connectivity index (χ4n) is 4.79. The minimum atomic E-state index is 0.312. The van der Waals surface area contributed by atoms with Crippen molar-refractivity contribution in [2.45, 2.75) is 63.3 Å². The number of hydrogen-bond donors (Lipinski definition) is 1. The Bertz CT molecular complexity index is 555. The van der Waals surface area contributed by atoms with Crippen molar-refractivity contribution in [3.8, 4) is 0 Å². The number of likely N-dealkylation sites (tertiary alicyclic amines) is 1. The van der Waals surface area contributed by atoms with Crippen LogP contribution in [0.15, 0.2) is 30.3 Å². The first-order valence-electron chi connectivity index (χ1n) is 10.4. The summed E-state index contributed by atoms with van der Waals surface area (Å²) < 4.78 is 0. The summed E-state index contributed by atoms with van der Waals surface area (Å²) in [7, 11) is 0. The second-order valence-corrected chi connectivity index (χ2v) is 8.42. The largest absolute Gasteiger partial charge is 0.353 e. The van der Waals surface area contributed by atoms with Gasteiger partial charge in [0.25, 0.3) is 0 Å². The van der Waals surface area contributed by atoms with Crippen molar-refractivity contribution >= 4 is 5.91 Å². The number of benzene rings is 1. The lowest BCUT2D eigenvalue weighted by molar-refractivity contribution is -0.123. The first-order chi connectivity index (χ1) is 12.3. The Labute approximate surface area is 152 Å². The summed E-state index contributed by atoms with van der Waals surface area (Å²) >= 11 is 0. The number of amides is 1. The first kappa shape index (κ1) is 17.1. The van der Waals surface area contributed by atoms with Crippen LogP contribution in [0.1, 0.15) is 62.8 Å². The number of carbonyl (C=O) groups is 1. The summed E-state index contributed by atoms with van der Waals surface area (Å²) in [6, 6.07) is 11.6. The first-order valence-corrected chi connectivity index (χ1v) is 10.4. The van der Waals surface area contributed by atoms with Gasteiger partial charge < -0.3 is 10.2 Å². The molecule has 1 atom stereocenters. The maximum Gasteiger partial charge on any atom is 0.223 e. The van der Waals surface area contributed by atoms with E-state index >= 15 is 0 Å². The number of rotatable bonds is 6. The molecule has 1 unspecified atom stereocenters. The Morgan fingerprint density at radius 1 is 1.00 bits per heavy atom. The Balaban J connectivity index is 1.32. The van der Waals surface area contributed by atoms with E-state index in [1.54, 1.807) is 0 Å². The smallest absolute Gasteiger partial charge is 0.223 e. The van der Waals surface area contributed by atoms with Gasteiger partial charge in [-0.2, -0.15) is 0 Å². The van der Waals surface area contributed by atoms with Gasteiger partial charge in [0.2, 0.25) is 5.91 Å². The van der Waals surface area contributed by atoms with Gasteiger partial charge in [0.1, 0.15) is 0 Å². The van der Waals surface area contributed by atoms with Crippen LogP contribution in [-0.4, -0.2) is 36.5 Å². The molecule has 1 heterocycles. The zero-order valence-corrected chi connectivity index (χ0v) is 15.3. The van der Waals surface area contributed by atoms with Crippen molar-refractivity contribution in [3.05, 3.63) is 35.9 Å². The molecule has 1 amide bonds. The van der Waals surface area contributed by atoms with Crippen molar-refractivity contribution in [1.82, 2.24) is 10.2 Å². The van der Waals surface area contributed by atoms with Crippen LogP contribution in [0, 0.1) is 11.8 Å². The highest BCUT2D eigenvalue weighted by Crippen LogP contribution is 2.38. The predicted molar refractivity (Wildman–Crippen MR) is 101 cm³/mol. The van der Waals surface area contributed by atoms with E-state index in [4.69, 9.17) is 0 Å². The molecule has 4 rings (SSSR count). The van der Waals surface area contributed by atoms with Crippen molar-refractivity contribution in [2.75, 3.05) is 19.6 Å². The van der Waals surface area contributed by atoms with Gasteiger partial charge in [0, 0.05) is 31.6 Å². The molecule has 1 N–H and O–H groups in total. The Morgan fingerprint density at radius 2 is 1.68 bits per heavy atom. The highest BCUT2D eigenvalue weighted by atomic mass is 16.2. The summed E-state index contributed by atoms with van der Waals surface area (Å²) in [6.07, 6.45) is 10.0. The van der Waals surface area contributed by atoms with E-state index in [1.165, 1.54) is 37.8 Å². The van der Waals surface area contributed by atoms with Crippen LogP contribution >= 0.6 is 0 Å². The third-order valence-corrected chi connectivity index (χ3v) is 6.53. The highest BCUT2D eigenvalue weighted by Gasteiger charge is 2.33. The number of hydrogen-bond acceptors (Lipinski definition) is 2. The van der Waals surface area contributed by atoms with Crippen molar-refractivity contribution in [3.63, 3.8) is 0 Å². The molecule has 2 saturated carbocycles. The number of carbonyl (C=O) groups excluding carboxylic acids is 1. The molecule has 3 nitrogen and oxygen atoms in total. The lowest BCUT2D eigenvalue weighted by Crippen LogP contribution is -2.46. The van der Waals surface area contributed by atoms with Crippen LogP contribution in [0.4, 0.5) is 0 Å². The van der Waals surface area contributed by atoms with E-state index < -0.39 is 0 Å². The van der Waals surface area contributed by atoms with E-state index in [-0.39, 0.29) is 0 Å². The SMILES string of the molecule is O=C(NC1CCN(CC(c2ccccc2)C2CCCC2)CC1)C1CC1. The average Bonchev–Trinajstić information content (AvgIpc) is 3.37. The number of piperidine rings is 1. The molecule has 0 aromatic heterocycles. The summed E-state index contributed by atoms with van der Waals surface area (Å²) in [5.74, 6) is 2.19. The Kier molecular flexibility index (Phi) is 5.40. The quantitative estimate of drug-likeness (QED) is 0.850. The van der Waals surface area contributed by atoms with Crippen LogP contribution in [0.5, 0.6) is 0 Å². The van der Waals surface area contributed by atoms with E-state index in [9.17, 15) is 4.79 Å². The van der Waals surface area contributed by atoms with Gasteiger partial charge in [-0.05, 0) is 55.9 Å². The molecular weight excluding hydrogens is 308 g/mol. The predicted octanol–water partition coefficient (Wildman–Crippen LogP) is 3.95. The zero-order valence-electron chi connectivity index (χ0n) is 15.3. The average molecular weight is 341 g/mol.